The lowest BCUT2D eigenvalue weighted by Gasteiger charge is -2.32. The van der Waals surface area contributed by atoms with E-state index in [9.17, 15) is 0 Å². The van der Waals surface area contributed by atoms with E-state index in [0.29, 0.717) is 15.9 Å². The highest BCUT2D eigenvalue weighted by Crippen LogP contribution is 2.28. The fourth-order valence-corrected chi connectivity index (χ4v) is 2.64. The molecule has 0 bridgehead atoms. The van der Waals surface area contributed by atoms with Gasteiger partial charge in [-0.05, 0) is 31.3 Å². The molecule has 0 atom stereocenters. The first-order valence-electron chi connectivity index (χ1n) is 7.10. The van der Waals surface area contributed by atoms with Crippen molar-refractivity contribution in [3.63, 3.8) is 0 Å². The molecule has 2 heterocycles. The van der Waals surface area contributed by atoms with Crippen LogP contribution in [0.1, 0.15) is 0 Å². The maximum Gasteiger partial charge on any atom is 0.227 e. The minimum Gasteiger partial charge on any atom is -0.339 e. The second kappa shape index (κ2) is 6.69. The third kappa shape index (κ3) is 3.61. The number of nitrogens with one attached hydrogen (secondary N) is 1. The smallest absolute Gasteiger partial charge is 0.227 e. The number of nitrogens with zero attached hydrogens (tertiary/aromatic N) is 4. The van der Waals surface area contributed by atoms with E-state index in [1.165, 1.54) is 0 Å². The fourth-order valence-electron chi connectivity index (χ4n) is 2.31. The second-order valence-corrected chi connectivity index (χ2v) is 6.13. The van der Waals surface area contributed by atoms with Crippen LogP contribution in [0.3, 0.4) is 0 Å². The van der Waals surface area contributed by atoms with Crippen LogP contribution in [-0.4, -0.2) is 48.1 Å². The SMILES string of the molecule is CN1CCN(c2nccc(Nc3cc(Cl)ccc3Cl)n2)CC1. The van der Waals surface area contributed by atoms with Crippen LogP contribution in [0, 0.1) is 0 Å². The lowest BCUT2D eigenvalue weighted by atomic mass is 10.3. The van der Waals surface area contributed by atoms with Crippen LogP contribution < -0.4 is 10.2 Å². The summed E-state index contributed by atoms with van der Waals surface area (Å²) in [5.41, 5.74) is 0.734. The molecule has 0 saturated carbocycles. The van der Waals surface area contributed by atoms with E-state index in [1.54, 1.807) is 24.4 Å². The number of aromatic nitrogens is 2. The van der Waals surface area contributed by atoms with E-state index >= 15 is 0 Å². The Hall–Kier alpha value is -1.56. The lowest BCUT2D eigenvalue weighted by molar-refractivity contribution is 0.311. The van der Waals surface area contributed by atoms with Crippen molar-refractivity contribution in [2.24, 2.45) is 0 Å². The predicted octanol–water partition coefficient (Wildman–Crippen LogP) is 3.28. The molecule has 5 nitrogen and oxygen atoms in total. The summed E-state index contributed by atoms with van der Waals surface area (Å²) in [7, 11) is 2.12. The van der Waals surface area contributed by atoms with E-state index in [4.69, 9.17) is 23.2 Å². The van der Waals surface area contributed by atoms with Gasteiger partial charge in [0.1, 0.15) is 5.82 Å². The second-order valence-electron chi connectivity index (χ2n) is 5.28. The zero-order valence-corrected chi connectivity index (χ0v) is 13.8. The molecular formula is C15H17Cl2N5. The van der Waals surface area contributed by atoms with Gasteiger partial charge in [0.25, 0.3) is 0 Å². The molecule has 1 aliphatic rings. The summed E-state index contributed by atoms with van der Waals surface area (Å²) < 4.78 is 0. The van der Waals surface area contributed by atoms with Crippen LogP contribution in [0.4, 0.5) is 17.5 Å². The molecule has 0 spiro atoms. The summed E-state index contributed by atoms with van der Waals surface area (Å²) >= 11 is 12.2. The molecule has 1 saturated heterocycles. The van der Waals surface area contributed by atoms with Gasteiger partial charge in [-0.1, -0.05) is 23.2 Å². The lowest BCUT2D eigenvalue weighted by Crippen LogP contribution is -2.45. The number of likely N-dealkylation sites (N-methyl/N-ethyl adjacent to an activating group) is 1. The normalized spacial score (nSPS) is 15.9. The van der Waals surface area contributed by atoms with Gasteiger partial charge in [-0.25, -0.2) is 4.98 Å². The Bertz CT molecular complexity index is 656. The first-order chi connectivity index (χ1) is 10.6. The number of hydrogen-bond donors (Lipinski definition) is 1. The average Bonchev–Trinajstić information content (AvgIpc) is 2.52. The molecule has 1 aromatic carbocycles. The number of halogens is 2. The van der Waals surface area contributed by atoms with Gasteiger partial charge in [0.2, 0.25) is 5.95 Å². The van der Waals surface area contributed by atoms with E-state index in [1.807, 2.05) is 6.07 Å². The first-order valence-corrected chi connectivity index (χ1v) is 7.86. The molecule has 1 aromatic heterocycles. The van der Waals surface area contributed by atoms with E-state index in [-0.39, 0.29) is 0 Å². The van der Waals surface area contributed by atoms with Crippen LogP contribution in [0.25, 0.3) is 0 Å². The summed E-state index contributed by atoms with van der Waals surface area (Å²) in [6, 6.07) is 7.11. The molecule has 0 aliphatic carbocycles. The van der Waals surface area contributed by atoms with Crippen molar-refractivity contribution in [2.75, 3.05) is 43.4 Å². The van der Waals surface area contributed by atoms with Crippen molar-refractivity contribution in [1.82, 2.24) is 14.9 Å². The van der Waals surface area contributed by atoms with Gasteiger partial charge in [-0.15, -0.1) is 0 Å². The topological polar surface area (TPSA) is 44.3 Å². The molecule has 1 fully saturated rings. The molecule has 22 heavy (non-hydrogen) atoms. The molecule has 1 N–H and O–H groups in total. The van der Waals surface area contributed by atoms with Gasteiger partial charge < -0.3 is 15.1 Å². The zero-order chi connectivity index (χ0) is 15.5. The number of piperazine rings is 1. The van der Waals surface area contributed by atoms with E-state index in [0.717, 1.165) is 37.8 Å². The van der Waals surface area contributed by atoms with Gasteiger partial charge in [0.15, 0.2) is 0 Å². The van der Waals surface area contributed by atoms with Crippen LogP contribution in [-0.2, 0) is 0 Å². The van der Waals surface area contributed by atoms with Crippen molar-refractivity contribution in [2.45, 2.75) is 0 Å². The van der Waals surface area contributed by atoms with Crippen LogP contribution >= 0.6 is 23.2 Å². The summed E-state index contributed by atoms with van der Waals surface area (Å²) in [5, 5.41) is 4.42. The molecule has 116 valence electrons. The highest BCUT2D eigenvalue weighted by molar-refractivity contribution is 6.35. The standard InChI is InChI=1S/C15H17Cl2N5/c1-21-6-8-22(9-7-21)15-18-5-4-14(20-15)19-13-10-11(16)2-3-12(13)17/h2-5,10H,6-9H2,1H3,(H,18,19,20). The Morgan fingerprint density at radius 3 is 2.64 bits per heavy atom. The molecule has 1 aliphatic heterocycles. The van der Waals surface area contributed by atoms with Crippen molar-refractivity contribution in [3.05, 3.63) is 40.5 Å². The Morgan fingerprint density at radius 1 is 1.09 bits per heavy atom. The summed E-state index contributed by atoms with van der Waals surface area (Å²) in [5.74, 6) is 1.43. The largest absolute Gasteiger partial charge is 0.339 e. The van der Waals surface area contributed by atoms with Gasteiger partial charge in [-0.2, -0.15) is 4.98 Å². The quantitative estimate of drug-likeness (QED) is 0.931. The molecule has 0 radical (unpaired) electrons. The number of benzene rings is 1. The monoisotopic (exact) mass is 337 g/mol. The summed E-state index contributed by atoms with van der Waals surface area (Å²) in [6.45, 7) is 3.89. The van der Waals surface area contributed by atoms with E-state index in [2.05, 4.69) is 32.1 Å². The van der Waals surface area contributed by atoms with Gasteiger partial charge in [0.05, 0.1) is 10.7 Å². The fraction of sp³-hybridized carbons (Fsp3) is 0.333. The molecular weight excluding hydrogens is 321 g/mol. The summed E-state index contributed by atoms with van der Waals surface area (Å²) in [4.78, 5) is 13.4. The molecule has 0 amide bonds. The van der Waals surface area contributed by atoms with Gasteiger partial charge in [-0.3, -0.25) is 0 Å². The average molecular weight is 338 g/mol. The highest BCUT2D eigenvalue weighted by atomic mass is 35.5. The predicted molar refractivity (Wildman–Crippen MR) is 91.5 cm³/mol. The van der Waals surface area contributed by atoms with Crippen LogP contribution in [0.2, 0.25) is 10.0 Å². The van der Waals surface area contributed by atoms with E-state index < -0.39 is 0 Å². The van der Waals surface area contributed by atoms with Gasteiger partial charge in [0, 0.05) is 37.4 Å². The molecule has 0 unspecified atom stereocenters. The Morgan fingerprint density at radius 2 is 1.86 bits per heavy atom. The number of hydrogen-bond acceptors (Lipinski definition) is 5. The molecule has 2 aromatic rings. The van der Waals surface area contributed by atoms with Gasteiger partial charge >= 0.3 is 0 Å². The maximum absolute atomic E-state index is 6.17. The zero-order valence-electron chi connectivity index (χ0n) is 12.3. The minimum absolute atomic E-state index is 0.601. The van der Waals surface area contributed by atoms with Crippen molar-refractivity contribution in [1.29, 1.82) is 0 Å². The number of rotatable bonds is 3. The minimum atomic E-state index is 0.601. The number of anilines is 3. The van der Waals surface area contributed by atoms with Crippen LogP contribution in [0.5, 0.6) is 0 Å². The third-order valence-electron chi connectivity index (χ3n) is 3.62. The maximum atomic E-state index is 6.17. The Kier molecular flexibility index (Phi) is 4.66. The first kappa shape index (κ1) is 15.3. The van der Waals surface area contributed by atoms with Crippen molar-refractivity contribution in [3.8, 4) is 0 Å². The van der Waals surface area contributed by atoms with Crippen LogP contribution in [0.15, 0.2) is 30.5 Å². The Balaban J connectivity index is 1.78. The van der Waals surface area contributed by atoms with Crippen molar-refractivity contribution < 1.29 is 0 Å². The third-order valence-corrected chi connectivity index (χ3v) is 4.18. The molecule has 3 rings (SSSR count). The Labute approximate surface area is 139 Å². The van der Waals surface area contributed by atoms with Crippen molar-refractivity contribution >= 4 is 40.7 Å². The summed E-state index contributed by atoms with van der Waals surface area (Å²) in [6.07, 6.45) is 1.75. The molecule has 7 heteroatoms. The highest BCUT2D eigenvalue weighted by Gasteiger charge is 2.16.